The topological polar surface area (TPSA) is 59.1 Å². The van der Waals surface area contributed by atoms with E-state index in [1.54, 1.807) is 0 Å². The molecule has 6 heteroatoms. The Balaban J connectivity index is 1.89. The molecule has 0 bridgehead atoms. The molecule has 0 fully saturated rings. The molecule has 0 aromatic heterocycles. The van der Waals surface area contributed by atoms with Gasteiger partial charge in [0.1, 0.15) is 13.2 Å². The molecular weight excluding hydrogens is 620 g/mol. The number of rotatable bonds is 31. The maximum absolute atomic E-state index is 12.9. The summed E-state index contributed by atoms with van der Waals surface area (Å²) in [5.74, 6) is -0.307. The summed E-state index contributed by atoms with van der Waals surface area (Å²) in [6, 6.07) is 16.4. The van der Waals surface area contributed by atoms with Crippen LogP contribution in [-0.4, -0.2) is 61.0 Å². The van der Waals surface area contributed by atoms with Crippen LogP contribution in [0.1, 0.15) is 154 Å². The summed E-state index contributed by atoms with van der Waals surface area (Å²) < 4.78 is 11.6. The average molecular weight is 693 g/mol. The second-order valence-corrected chi connectivity index (χ2v) is 14.2. The number of unbranched alkanes of at least 4 members (excludes halogenated alkanes) is 14. The number of nitrogens with zero attached hydrogens (tertiary/aromatic N) is 2. The molecule has 2 rings (SSSR count). The molecule has 0 heterocycles. The number of carbonyl (C=O) groups excluding carboxylic acids is 2. The first-order chi connectivity index (χ1) is 24.5. The monoisotopic (exact) mass is 693 g/mol. The van der Waals surface area contributed by atoms with Crippen molar-refractivity contribution in [3.63, 3.8) is 0 Å². The van der Waals surface area contributed by atoms with Crippen molar-refractivity contribution in [3.05, 3.63) is 59.7 Å². The van der Waals surface area contributed by atoms with Gasteiger partial charge >= 0.3 is 11.9 Å². The van der Waals surface area contributed by atoms with E-state index < -0.39 is 0 Å². The van der Waals surface area contributed by atoms with Crippen LogP contribution in [-0.2, 0) is 32.3 Å². The molecule has 0 aliphatic heterocycles. The van der Waals surface area contributed by atoms with Gasteiger partial charge in [-0.05, 0) is 86.2 Å². The molecule has 2 aromatic carbocycles. The molecule has 0 saturated heterocycles. The van der Waals surface area contributed by atoms with Crippen molar-refractivity contribution in [3.8, 4) is 11.1 Å². The lowest BCUT2D eigenvalue weighted by atomic mass is 10.0. The van der Waals surface area contributed by atoms with E-state index in [0.717, 1.165) is 74.1 Å². The second-order valence-electron chi connectivity index (χ2n) is 14.2. The summed E-state index contributed by atoms with van der Waals surface area (Å²) in [4.78, 5) is 30.4. The Labute approximate surface area is 306 Å². The summed E-state index contributed by atoms with van der Waals surface area (Å²) >= 11 is 0. The van der Waals surface area contributed by atoms with Crippen molar-refractivity contribution in [2.75, 3.05) is 39.3 Å². The number of esters is 2. The Morgan fingerprint density at radius 2 is 0.780 bits per heavy atom. The third-order valence-electron chi connectivity index (χ3n) is 9.50. The summed E-state index contributed by atoms with van der Waals surface area (Å²) in [7, 11) is 0. The largest absolute Gasteiger partial charge is 0.460 e. The van der Waals surface area contributed by atoms with E-state index in [2.05, 4.69) is 61.8 Å². The van der Waals surface area contributed by atoms with Crippen molar-refractivity contribution in [2.45, 2.75) is 156 Å². The van der Waals surface area contributed by atoms with Crippen LogP contribution in [0.4, 0.5) is 0 Å². The molecule has 0 aliphatic carbocycles. The van der Waals surface area contributed by atoms with Crippen LogP contribution in [0.25, 0.3) is 11.1 Å². The fraction of sp³-hybridized carbons (Fsp3) is 0.682. The highest BCUT2D eigenvalue weighted by atomic mass is 16.5. The maximum Gasteiger partial charge on any atom is 0.320 e. The first kappa shape index (κ1) is 43.5. The van der Waals surface area contributed by atoms with Crippen LogP contribution in [0, 0.1) is 0 Å². The smallest absolute Gasteiger partial charge is 0.320 e. The molecule has 0 unspecified atom stereocenters. The van der Waals surface area contributed by atoms with Crippen molar-refractivity contribution < 1.29 is 19.1 Å². The highest BCUT2D eigenvalue weighted by Gasteiger charge is 2.14. The van der Waals surface area contributed by atoms with Gasteiger partial charge in [-0.3, -0.25) is 19.4 Å². The molecule has 0 atom stereocenters. The van der Waals surface area contributed by atoms with Crippen LogP contribution < -0.4 is 0 Å². The van der Waals surface area contributed by atoms with Crippen LogP contribution in [0.3, 0.4) is 0 Å². The van der Waals surface area contributed by atoms with Crippen molar-refractivity contribution in [1.82, 2.24) is 9.80 Å². The Morgan fingerprint density at radius 1 is 0.460 bits per heavy atom. The number of ether oxygens (including phenoxy) is 2. The number of benzene rings is 2. The molecule has 0 amide bonds. The van der Waals surface area contributed by atoms with Gasteiger partial charge in [0.05, 0.1) is 13.1 Å². The minimum atomic E-state index is -0.153. The molecule has 50 heavy (non-hydrogen) atoms. The van der Waals surface area contributed by atoms with Crippen molar-refractivity contribution >= 4 is 11.9 Å². The van der Waals surface area contributed by atoms with E-state index in [9.17, 15) is 9.59 Å². The molecule has 6 nitrogen and oxygen atoms in total. The van der Waals surface area contributed by atoms with Crippen molar-refractivity contribution in [2.24, 2.45) is 0 Å². The predicted molar refractivity (Wildman–Crippen MR) is 210 cm³/mol. The van der Waals surface area contributed by atoms with E-state index in [4.69, 9.17) is 9.47 Å². The van der Waals surface area contributed by atoms with Gasteiger partial charge in [0, 0.05) is 0 Å². The molecule has 0 aliphatic rings. The van der Waals surface area contributed by atoms with Gasteiger partial charge in [-0.2, -0.15) is 0 Å². The third-order valence-corrected chi connectivity index (χ3v) is 9.50. The van der Waals surface area contributed by atoms with Gasteiger partial charge in [-0.15, -0.1) is 0 Å². The van der Waals surface area contributed by atoms with E-state index in [1.165, 1.54) is 89.9 Å². The second kappa shape index (κ2) is 28.9. The van der Waals surface area contributed by atoms with Gasteiger partial charge in [0.15, 0.2) is 0 Å². The highest BCUT2D eigenvalue weighted by molar-refractivity contribution is 5.72. The average Bonchev–Trinajstić information content (AvgIpc) is 3.13. The van der Waals surface area contributed by atoms with E-state index in [-0.39, 0.29) is 25.2 Å². The molecule has 0 spiro atoms. The number of carbonyl (C=O) groups is 2. The van der Waals surface area contributed by atoms with Crippen LogP contribution >= 0.6 is 0 Å². The fourth-order valence-corrected chi connectivity index (χ4v) is 6.41. The fourth-order valence-electron chi connectivity index (χ4n) is 6.41. The zero-order chi connectivity index (χ0) is 36.1. The minimum absolute atomic E-state index is 0.153. The quantitative estimate of drug-likeness (QED) is 0.0579. The van der Waals surface area contributed by atoms with Gasteiger partial charge in [0.25, 0.3) is 0 Å². The lowest BCUT2D eigenvalue weighted by molar-refractivity contribution is -0.147. The number of hydrogen-bond acceptors (Lipinski definition) is 6. The summed E-state index contributed by atoms with van der Waals surface area (Å²) in [6.07, 6.45) is 21.9. The molecule has 282 valence electrons. The summed E-state index contributed by atoms with van der Waals surface area (Å²) in [5.41, 5.74) is 4.04. The Morgan fingerprint density at radius 3 is 1.12 bits per heavy atom. The predicted octanol–water partition coefficient (Wildman–Crippen LogP) is 11.1. The minimum Gasteiger partial charge on any atom is -0.460 e. The standard InChI is InChI=1S/C44H72N2O4/c1-5-9-13-17-21-31-45(29-19-15-11-7-3)35-43(47)49-37-39-25-23-27-41(33-39)42-28-24-26-40(34-42)38-50-44(48)36-46(30-20-16-12-8-4)32-22-18-14-10-6-2/h23-28,33-34H,5-22,29-32,35-38H2,1-4H3. The normalized spacial score (nSPS) is 11.4. The van der Waals surface area contributed by atoms with E-state index in [0.29, 0.717) is 13.1 Å². The molecular formula is C44H72N2O4. The molecule has 0 saturated carbocycles. The maximum atomic E-state index is 12.9. The van der Waals surface area contributed by atoms with E-state index in [1.807, 2.05) is 24.3 Å². The first-order valence-corrected chi connectivity index (χ1v) is 20.4. The van der Waals surface area contributed by atoms with Crippen LogP contribution in [0.15, 0.2) is 48.5 Å². The first-order valence-electron chi connectivity index (χ1n) is 20.4. The summed E-state index contributed by atoms with van der Waals surface area (Å²) in [5, 5.41) is 0. The molecule has 2 aromatic rings. The van der Waals surface area contributed by atoms with Gasteiger partial charge in [-0.25, -0.2) is 0 Å². The van der Waals surface area contributed by atoms with E-state index >= 15 is 0 Å². The van der Waals surface area contributed by atoms with Crippen LogP contribution in [0.2, 0.25) is 0 Å². The highest BCUT2D eigenvalue weighted by Crippen LogP contribution is 2.23. The van der Waals surface area contributed by atoms with Gasteiger partial charge < -0.3 is 9.47 Å². The Bertz CT molecular complexity index is 1060. The van der Waals surface area contributed by atoms with Gasteiger partial charge in [-0.1, -0.05) is 154 Å². The SMILES string of the molecule is CCCCCCCN(CCCCCC)CC(=O)OCc1cccc(-c2cccc(COC(=O)CN(CCCCCC)CCCCCCC)c2)c1. The Hall–Kier alpha value is -2.70. The number of hydrogen-bond donors (Lipinski definition) is 0. The zero-order valence-corrected chi connectivity index (χ0v) is 32.5. The van der Waals surface area contributed by atoms with Crippen molar-refractivity contribution in [1.29, 1.82) is 0 Å². The lowest BCUT2D eigenvalue weighted by Crippen LogP contribution is -2.32. The molecule has 0 N–H and O–H groups in total. The Kier molecular flexibility index (Phi) is 25.2. The zero-order valence-electron chi connectivity index (χ0n) is 32.5. The lowest BCUT2D eigenvalue weighted by Gasteiger charge is -2.21. The molecule has 0 radical (unpaired) electrons. The van der Waals surface area contributed by atoms with Crippen LogP contribution in [0.5, 0.6) is 0 Å². The summed E-state index contributed by atoms with van der Waals surface area (Å²) in [6.45, 7) is 14.0. The third kappa shape index (κ3) is 20.8. The van der Waals surface area contributed by atoms with Gasteiger partial charge in [0.2, 0.25) is 0 Å².